The van der Waals surface area contributed by atoms with Crippen LogP contribution in [0.15, 0.2) is 6.33 Å². The van der Waals surface area contributed by atoms with Crippen LogP contribution in [0.4, 0.5) is 0 Å². The number of imidazole rings is 1. The second-order valence-corrected chi connectivity index (χ2v) is 6.27. The highest BCUT2D eigenvalue weighted by Gasteiger charge is 2.38. The summed E-state index contributed by atoms with van der Waals surface area (Å²) in [6.07, 6.45) is 3.24. The average molecular weight is 335 g/mol. The maximum Gasteiger partial charge on any atom is 0.316 e. The molecule has 2 aliphatic heterocycles. The van der Waals surface area contributed by atoms with Crippen molar-refractivity contribution in [2.45, 2.75) is 45.7 Å². The Morgan fingerprint density at radius 1 is 1.33 bits per heavy atom. The van der Waals surface area contributed by atoms with E-state index in [1.165, 1.54) is 0 Å². The van der Waals surface area contributed by atoms with Gasteiger partial charge in [-0.25, -0.2) is 4.98 Å². The Morgan fingerprint density at radius 3 is 2.75 bits per heavy atom. The molecule has 0 N–H and O–H groups in total. The second-order valence-electron chi connectivity index (χ2n) is 6.27. The number of carbonyl (C=O) groups is 2. The van der Waals surface area contributed by atoms with Gasteiger partial charge in [0.1, 0.15) is 5.92 Å². The fourth-order valence-electron chi connectivity index (χ4n) is 3.56. The quantitative estimate of drug-likeness (QED) is 0.776. The maximum atomic E-state index is 12.8. The van der Waals surface area contributed by atoms with Crippen LogP contribution in [0.1, 0.15) is 44.0 Å². The van der Waals surface area contributed by atoms with E-state index in [0.717, 1.165) is 30.8 Å². The number of esters is 1. The van der Waals surface area contributed by atoms with Gasteiger partial charge in [0, 0.05) is 32.2 Å². The van der Waals surface area contributed by atoms with Gasteiger partial charge in [-0.3, -0.25) is 9.59 Å². The number of aromatic nitrogens is 2. The SMILES string of the molecule is CCOC(=O)[C@H]1CN(C(=O)C2CCOCC2)Cc2ncn(CC)c21. The number of hydrogen-bond acceptors (Lipinski definition) is 5. The Balaban J connectivity index is 1.84. The number of carbonyl (C=O) groups excluding carboxylic acids is 2. The van der Waals surface area contributed by atoms with Crippen LogP contribution in [0.25, 0.3) is 0 Å². The van der Waals surface area contributed by atoms with Crippen LogP contribution in [-0.2, 0) is 32.2 Å². The van der Waals surface area contributed by atoms with Crippen molar-refractivity contribution in [1.82, 2.24) is 14.5 Å². The second kappa shape index (κ2) is 7.34. The number of amides is 1. The van der Waals surface area contributed by atoms with Crippen molar-refractivity contribution < 1.29 is 19.1 Å². The predicted molar refractivity (Wildman–Crippen MR) is 86.2 cm³/mol. The molecule has 0 bridgehead atoms. The summed E-state index contributed by atoms with van der Waals surface area (Å²) in [6, 6.07) is 0. The molecule has 0 saturated carbocycles. The molecule has 7 nitrogen and oxygen atoms in total. The van der Waals surface area contributed by atoms with Gasteiger partial charge in [0.05, 0.1) is 30.9 Å². The fourth-order valence-corrected chi connectivity index (χ4v) is 3.56. The molecule has 3 rings (SSSR count). The van der Waals surface area contributed by atoms with E-state index in [1.54, 1.807) is 18.2 Å². The lowest BCUT2D eigenvalue weighted by Gasteiger charge is -2.35. The van der Waals surface area contributed by atoms with Gasteiger partial charge in [0.2, 0.25) is 5.91 Å². The lowest BCUT2D eigenvalue weighted by atomic mass is 9.94. The summed E-state index contributed by atoms with van der Waals surface area (Å²) in [4.78, 5) is 31.5. The Kier molecular flexibility index (Phi) is 5.18. The summed E-state index contributed by atoms with van der Waals surface area (Å²) in [6.45, 7) is 6.98. The van der Waals surface area contributed by atoms with E-state index >= 15 is 0 Å². The van der Waals surface area contributed by atoms with Crippen molar-refractivity contribution in [3.05, 3.63) is 17.7 Å². The molecule has 0 unspecified atom stereocenters. The third kappa shape index (κ3) is 3.17. The topological polar surface area (TPSA) is 73.7 Å². The van der Waals surface area contributed by atoms with Crippen LogP contribution >= 0.6 is 0 Å². The molecular formula is C17H25N3O4. The van der Waals surface area contributed by atoms with Crippen molar-refractivity contribution in [3.8, 4) is 0 Å². The molecule has 1 aromatic heterocycles. The van der Waals surface area contributed by atoms with E-state index in [2.05, 4.69) is 4.98 Å². The molecule has 1 amide bonds. The molecule has 1 aromatic rings. The predicted octanol–water partition coefficient (Wildman–Crippen LogP) is 1.32. The zero-order chi connectivity index (χ0) is 17.1. The number of rotatable bonds is 4. The Labute approximate surface area is 141 Å². The van der Waals surface area contributed by atoms with E-state index in [-0.39, 0.29) is 17.8 Å². The van der Waals surface area contributed by atoms with Gasteiger partial charge in [-0.15, -0.1) is 0 Å². The van der Waals surface area contributed by atoms with Crippen LogP contribution in [0, 0.1) is 5.92 Å². The fraction of sp³-hybridized carbons (Fsp3) is 0.706. The molecule has 0 aliphatic carbocycles. The number of ether oxygens (including phenoxy) is 2. The lowest BCUT2D eigenvalue weighted by Crippen LogP contribution is -2.45. The molecule has 132 valence electrons. The Bertz CT molecular complexity index is 607. The molecular weight excluding hydrogens is 310 g/mol. The van der Waals surface area contributed by atoms with Gasteiger partial charge in [0.25, 0.3) is 0 Å². The number of aryl methyl sites for hydroxylation is 1. The molecule has 7 heteroatoms. The summed E-state index contributed by atoms with van der Waals surface area (Å²) in [5.41, 5.74) is 1.70. The lowest BCUT2D eigenvalue weighted by molar-refractivity contribution is -0.148. The van der Waals surface area contributed by atoms with E-state index in [0.29, 0.717) is 32.9 Å². The number of hydrogen-bond donors (Lipinski definition) is 0. The number of fused-ring (bicyclic) bond motifs is 1. The number of nitrogens with zero attached hydrogens (tertiary/aromatic N) is 3. The maximum absolute atomic E-state index is 12.8. The van der Waals surface area contributed by atoms with Gasteiger partial charge < -0.3 is 18.9 Å². The molecule has 0 radical (unpaired) electrons. The van der Waals surface area contributed by atoms with E-state index in [4.69, 9.17) is 9.47 Å². The van der Waals surface area contributed by atoms with Gasteiger partial charge in [-0.1, -0.05) is 0 Å². The van der Waals surface area contributed by atoms with E-state index in [1.807, 2.05) is 11.5 Å². The van der Waals surface area contributed by atoms with E-state index in [9.17, 15) is 9.59 Å². The average Bonchev–Trinajstić information content (AvgIpc) is 3.04. The van der Waals surface area contributed by atoms with E-state index < -0.39 is 5.92 Å². The molecule has 0 aromatic carbocycles. The summed E-state index contributed by atoms with van der Waals surface area (Å²) in [7, 11) is 0. The van der Waals surface area contributed by atoms with Crippen molar-refractivity contribution in [2.24, 2.45) is 5.92 Å². The first-order chi connectivity index (χ1) is 11.7. The van der Waals surface area contributed by atoms with Crippen LogP contribution in [0.2, 0.25) is 0 Å². The largest absolute Gasteiger partial charge is 0.465 e. The first-order valence-electron chi connectivity index (χ1n) is 8.72. The molecule has 24 heavy (non-hydrogen) atoms. The van der Waals surface area contributed by atoms with Crippen LogP contribution in [0.5, 0.6) is 0 Å². The summed E-state index contributed by atoms with van der Waals surface area (Å²) in [5.74, 6) is -0.654. The van der Waals surface area contributed by atoms with Crippen molar-refractivity contribution in [3.63, 3.8) is 0 Å². The van der Waals surface area contributed by atoms with Crippen molar-refractivity contribution >= 4 is 11.9 Å². The van der Waals surface area contributed by atoms with Gasteiger partial charge in [-0.2, -0.15) is 0 Å². The minimum atomic E-state index is -0.458. The zero-order valence-corrected chi connectivity index (χ0v) is 14.4. The smallest absolute Gasteiger partial charge is 0.316 e. The normalized spacial score (nSPS) is 21.4. The molecule has 1 saturated heterocycles. The van der Waals surface area contributed by atoms with Gasteiger partial charge in [-0.05, 0) is 26.7 Å². The minimum absolute atomic E-state index is 0.0172. The van der Waals surface area contributed by atoms with Crippen LogP contribution in [0.3, 0.4) is 0 Å². The first-order valence-corrected chi connectivity index (χ1v) is 8.72. The zero-order valence-electron chi connectivity index (χ0n) is 14.4. The molecule has 1 atom stereocenters. The van der Waals surface area contributed by atoms with Gasteiger partial charge in [0.15, 0.2) is 0 Å². The Morgan fingerprint density at radius 2 is 2.08 bits per heavy atom. The molecule has 0 spiro atoms. The minimum Gasteiger partial charge on any atom is -0.465 e. The summed E-state index contributed by atoms with van der Waals surface area (Å²) < 4.78 is 12.6. The van der Waals surface area contributed by atoms with Crippen LogP contribution < -0.4 is 0 Å². The third-order valence-electron chi connectivity index (χ3n) is 4.83. The monoisotopic (exact) mass is 335 g/mol. The highest BCUT2D eigenvalue weighted by molar-refractivity contribution is 5.83. The molecule has 3 heterocycles. The first kappa shape index (κ1) is 17.0. The summed E-state index contributed by atoms with van der Waals surface area (Å²) in [5, 5.41) is 0. The third-order valence-corrected chi connectivity index (χ3v) is 4.83. The summed E-state index contributed by atoms with van der Waals surface area (Å²) >= 11 is 0. The molecule has 1 fully saturated rings. The van der Waals surface area contributed by atoms with Crippen molar-refractivity contribution in [1.29, 1.82) is 0 Å². The highest BCUT2D eigenvalue weighted by Crippen LogP contribution is 2.31. The van der Waals surface area contributed by atoms with Crippen molar-refractivity contribution in [2.75, 3.05) is 26.4 Å². The van der Waals surface area contributed by atoms with Gasteiger partial charge >= 0.3 is 5.97 Å². The standard InChI is InChI=1S/C17H25N3O4/c1-3-19-11-18-14-10-20(16(21)12-5-7-23-8-6-12)9-13(15(14)19)17(22)24-4-2/h11-13H,3-10H2,1-2H3/t13-/m0/s1. The highest BCUT2D eigenvalue weighted by atomic mass is 16.5. The Hall–Kier alpha value is -1.89. The van der Waals surface area contributed by atoms with Crippen LogP contribution in [-0.4, -0.2) is 52.7 Å². The molecule has 2 aliphatic rings.